The number of halogens is 1. The Labute approximate surface area is 802 Å². The van der Waals surface area contributed by atoms with Crippen LogP contribution in [0.5, 0.6) is 23.0 Å². The van der Waals surface area contributed by atoms with Crippen LogP contribution in [0.2, 0.25) is 5.02 Å². The normalized spacial score (nSPS) is 10.5. The lowest BCUT2D eigenvalue weighted by molar-refractivity contribution is 0.174. The first-order chi connectivity index (χ1) is 66.9. The van der Waals surface area contributed by atoms with E-state index in [0.29, 0.717) is 144 Å². The molecular weight excluding hydrogens is 1820 g/mol. The zero-order chi connectivity index (χ0) is 100. The number of unbranched alkanes of at least 4 members (excludes halogenated alkanes) is 2. The zero-order valence-electron chi connectivity index (χ0n) is 78.1. The van der Waals surface area contributed by atoms with E-state index >= 15 is 0 Å². The van der Waals surface area contributed by atoms with Crippen LogP contribution in [0.1, 0.15) is 98.9 Å². The molecule has 0 fully saturated rings. The molecule has 56 nitrogen and oxygen atoms in total. The molecule has 1 aliphatic heterocycles. The molecule has 57 heteroatoms. The van der Waals surface area contributed by atoms with Crippen molar-refractivity contribution in [2.24, 2.45) is 0 Å². The van der Waals surface area contributed by atoms with Crippen molar-refractivity contribution >= 4 is 136 Å². The molecule has 742 valence electrons. The van der Waals surface area contributed by atoms with Crippen molar-refractivity contribution < 1.29 is 28.5 Å². The number of H-pyrrole nitrogens is 7. The van der Waals surface area contributed by atoms with Gasteiger partial charge in [0.15, 0.2) is 23.0 Å². The van der Waals surface area contributed by atoms with Gasteiger partial charge in [0.05, 0.1) is 18.8 Å². The van der Waals surface area contributed by atoms with Crippen molar-refractivity contribution in [3.05, 3.63) is 178 Å². The molecule has 0 unspecified atom stereocenters. The highest BCUT2D eigenvalue weighted by molar-refractivity contribution is 6.30. The summed E-state index contributed by atoms with van der Waals surface area (Å²) in [4.78, 5) is 64.2. The number of benzene rings is 4. The highest BCUT2D eigenvalue weighted by atomic mass is 35.5. The summed E-state index contributed by atoms with van der Waals surface area (Å²) in [6, 6.07) is 34.3. The van der Waals surface area contributed by atoms with Crippen LogP contribution in [0.3, 0.4) is 0 Å². The van der Waals surface area contributed by atoms with E-state index in [9.17, 15) is 5.11 Å². The third-order valence-electron chi connectivity index (χ3n) is 17.3. The Morgan fingerprint density at radius 3 is 1.25 bits per heavy atom. The predicted molar refractivity (Wildman–Crippen MR) is 534 cm³/mol. The number of phenols is 2. The second-order valence-electron chi connectivity index (χ2n) is 29.5. The predicted octanol–water partition coefficient (Wildman–Crippen LogP) is 7.30. The van der Waals surface area contributed by atoms with Gasteiger partial charge in [0.25, 0.3) is 0 Å². The van der Waals surface area contributed by atoms with E-state index in [0.717, 1.165) is 124 Å². The van der Waals surface area contributed by atoms with Gasteiger partial charge >= 0.3 is 0 Å². The number of phenolic OH excluding ortho intramolecular Hbond substituents is 2. The van der Waals surface area contributed by atoms with Crippen LogP contribution in [0.15, 0.2) is 137 Å². The Morgan fingerprint density at radius 2 is 0.820 bits per heavy atom. The number of nitrogen functional groups attached to an aromatic ring is 10. The second kappa shape index (κ2) is 58.1. The molecule has 0 saturated carbocycles. The van der Waals surface area contributed by atoms with E-state index in [1.54, 1.807) is 50.5 Å². The van der Waals surface area contributed by atoms with Crippen LogP contribution in [-0.2, 0) is 32.1 Å². The second-order valence-corrected chi connectivity index (χ2v) is 29.9. The summed E-state index contributed by atoms with van der Waals surface area (Å²) in [6.45, 7) is 19.2. The third kappa shape index (κ3) is 43.0. The minimum absolute atomic E-state index is 0.121. The van der Waals surface area contributed by atoms with E-state index in [-0.39, 0.29) is 41.2 Å². The molecule has 12 aromatic heterocycles. The number of anilines is 21. The highest BCUT2D eigenvalue weighted by Gasteiger charge is 2.15. The average molecular weight is 1940 g/mol. The lowest BCUT2D eigenvalue weighted by atomic mass is 10.1. The molecule has 0 bridgehead atoms. The monoisotopic (exact) mass is 1940 g/mol. The quantitative estimate of drug-likeness (QED) is 0.0142. The molecule has 4 aromatic carbocycles. The zero-order valence-corrected chi connectivity index (χ0v) is 78.9. The SMILES string of the molecule is CC(C)Nc1n[nH]c(Nc2ccc(Cl)cc2)n1.CCCCNc1n[nH]c(N)n1.CCCCNc1nc(C)nc(N)n1.Cc1nc(N)nc(N(C)C)n1.Cc1nc(N)nc(N)n1.Nc1nc(NCCc2ccc(O)c(O)c2)n[nH]1.Nc1nc(NCCc2ccc3c(c2)OCO3)n[nH]1.Nc1nc(NCCc2ccccc2)n[nH]1.Nc1nc(NCCc2ccco2)n[nH]1.Nc1nc(NCCc2ccoc2)n[nH]1. The number of nitrogens with one attached hydrogen (secondary N) is 16. The van der Waals surface area contributed by atoms with Crippen molar-refractivity contribution in [2.45, 2.75) is 112 Å². The molecule has 17 rings (SSSR count). The van der Waals surface area contributed by atoms with Crippen LogP contribution in [-0.4, -0.2) is 234 Å². The maximum absolute atomic E-state index is 9.30. The number of rotatable bonds is 33. The van der Waals surface area contributed by atoms with Gasteiger partial charge in [-0.2, -0.15) is 79.7 Å². The lowest BCUT2D eigenvalue weighted by Gasteiger charge is -2.09. The van der Waals surface area contributed by atoms with E-state index < -0.39 is 0 Å². The number of aryl methyl sites for hydroxylation is 3. The Hall–Kier alpha value is -18.1. The highest BCUT2D eigenvalue weighted by Crippen LogP contribution is 2.33. The Bertz CT molecular complexity index is 5900. The fraction of sp³-hybridized carbons (Fsp3) is 0.329. The molecule has 1 aliphatic rings. The van der Waals surface area contributed by atoms with Gasteiger partial charge in [-0.1, -0.05) is 80.8 Å². The van der Waals surface area contributed by atoms with Gasteiger partial charge in [0.2, 0.25) is 126 Å². The molecule has 0 aliphatic carbocycles. The molecule has 38 N–H and O–H groups in total. The van der Waals surface area contributed by atoms with Gasteiger partial charge in [-0.3, -0.25) is 0 Å². The van der Waals surface area contributed by atoms with Gasteiger partial charge in [0.1, 0.15) is 23.2 Å². The first kappa shape index (κ1) is 106. The fourth-order valence-corrected chi connectivity index (χ4v) is 11.0. The van der Waals surface area contributed by atoms with E-state index in [1.807, 2.05) is 107 Å². The summed E-state index contributed by atoms with van der Waals surface area (Å²) in [5, 5.41) is 91.8. The first-order valence-electron chi connectivity index (χ1n) is 43.2. The minimum atomic E-state index is -0.122. The fourth-order valence-electron chi connectivity index (χ4n) is 10.9. The van der Waals surface area contributed by atoms with Crippen molar-refractivity contribution in [1.29, 1.82) is 0 Å². The number of aromatic nitrogens is 30. The Kier molecular flexibility index (Phi) is 44.4. The third-order valence-corrected chi connectivity index (χ3v) is 17.5. The van der Waals surface area contributed by atoms with Crippen molar-refractivity contribution in [2.75, 3.05) is 177 Å². The Balaban J connectivity index is 0.000000190. The number of ether oxygens (including phenoxy) is 2. The topological polar surface area (TPSA) is 864 Å². The maximum atomic E-state index is 9.30. The molecular formula is C82H121ClN50O6. The van der Waals surface area contributed by atoms with E-state index in [4.69, 9.17) is 92.4 Å². The summed E-state index contributed by atoms with van der Waals surface area (Å²) >= 11 is 5.80. The number of nitrogens with two attached hydrogens (primary N) is 10. The number of fused-ring (bicyclic) bond motifs is 1. The summed E-state index contributed by atoms with van der Waals surface area (Å²) in [6.07, 6.45) is 13.7. The van der Waals surface area contributed by atoms with Gasteiger partial charge in [0, 0.05) is 83.1 Å². The van der Waals surface area contributed by atoms with Crippen LogP contribution < -0.4 is 120 Å². The number of hydrogen-bond donors (Lipinski definition) is 28. The molecule has 0 atom stereocenters. The van der Waals surface area contributed by atoms with Crippen molar-refractivity contribution in [1.82, 2.24) is 151 Å². The molecule has 13 heterocycles. The van der Waals surface area contributed by atoms with Gasteiger partial charge in [-0.25, -0.2) is 35.7 Å². The van der Waals surface area contributed by atoms with Crippen LogP contribution in [0.25, 0.3) is 0 Å². The van der Waals surface area contributed by atoms with Crippen LogP contribution in [0.4, 0.5) is 125 Å². The molecule has 16 aromatic rings. The summed E-state index contributed by atoms with van der Waals surface area (Å²) in [5.41, 5.74) is 58.9. The molecule has 0 radical (unpaired) electrons. The minimum Gasteiger partial charge on any atom is -0.504 e. The van der Waals surface area contributed by atoms with Crippen molar-refractivity contribution in [3.8, 4) is 23.0 Å². The molecule has 0 amide bonds. The lowest BCUT2D eigenvalue weighted by Crippen LogP contribution is -2.15. The first-order valence-corrected chi connectivity index (χ1v) is 43.6. The maximum Gasteiger partial charge on any atom is 0.243 e. The van der Waals surface area contributed by atoms with E-state index in [2.05, 4.69) is 225 Å². The van der Waals surface area contributed by atoms with Gasteiger partial charge in [-0.15, -0.1) is 35.7 Å². The van der Waals surface area contributed by atoms with Gasteiger partial charge in [-0.05, 0) is 162 Å². The number of furan rings is 2. The van der Waals surface area contributed by atoms with Crippen LogP contribution >= 0.6 is 11.6 Å². The molecule has 0 saturated heterocycles. The van der Waals surface area contributed by atoms with Crippen molar-refractivity contribution in [3.63, 3.8) is 0 Å². The summed E-state index contributed by atoms with van der Waals surface area (Å²) in [7, 11) is 3.71. The van der Waals surface area contributed by atoms with Crippen LogP contribution in [0, 0.1) is 20.8 Å². The average Bonchev–Trinajstić information content (AvgIpc) is 1.71. The standard InChI is InChI=1S/C11H14ClN5.C11H13N5O2.C10H13N5O2.C10H13N5.2C8H11N5O.C8H15N5.C6H11N5.C6H13N5.C4H7N5/c1-7(2)13-10-15-11(17-16-10)14-9-5-3-8(12)4-6-9;12-10-14-11(16-15-10)13-4-3-7-1-2-8-9(5-7)18-6-17-8;11-9-13-10(15-14-9)12-4-3-6-1-2-7(16)8(17)5-6;11-9-13-10(15-14-9)12-7-6-8-4-2-1-3-5-8;9-7-11-8(13-12-7)10-3-1-6-2-4-14-5-6;9-7-11-8(13-12-7)10-4-3-6-2-1-5-14-6;1-3-4-5-10-8-12-6(2)11-7(9)13-8;1-4-8-5(7)10-6(9-4)11(2)3;1-2-3-4-8-6-9-5(7)10-11-6;1-2-7-3(5)9-4(6)8-2/h3-7H,1-2H3,(H3,13,14,15,16,17);1-2,5H,3-4,6H2,(H4,12,13,14,15,16);1-2,5,16-17H,3-4H2,(H4,11,12,13,14,15);1-5H,6-7H2,(H4,11,12,13,14,15);2,4-5H,1,3H2,(H4,9,10,11,12,13);1-2,5H,3-4H2,(H4,9,10,11,12,13);3-5H2,1-2H3,(H3,9,10,11,12,13);1-3H3,(H2,7,8,9,10);2-4H2,1H3,(H4,7,8,9,10,11);1H3,(H4,5,6,7,8,9). The summed E-state index contributed by atoms with van der Waals surface area (Å²) < 4.78 is 20.7. The largest absolute Gasteiger partial charge is 0.504 e. The number of aromatic hydroxyl groups is 2. The Morgan fingerprint density at radius 1 is 0.388 bits per heavy atom. The number of nitrogens with zero attached hydrogens (tertiary/aromatic N) is 24. The smallest absolute Gasteiger partial charge is 0.243 e. The molecule has 139 heavy (non-hydrogen) atoms. The van der Waals surface area contributed by atoms with Gasteiger partial charge < -0.3 is 139 Å². The number of hydrogen-bond acceptors (Lipinski definition) is 49. The molecule has 0 spiro atoms. The number of aromatic amines is 7. The summed E-state index contributed by atoms with van der Waals surface area (Å²) in [5.74, 6) is 12.3. The van der Waals surface area contributed by atoms with E-state index in [1.165, 1.54) is 17.7 Å².